The number of ketones is 1. The van der Waals surface area contributed by atoms with Gasteiger partial charge in [0.1, 0.15) is 5.82 Å². The highest BCUT2D eigenvalue weighted by Gasteiger charge is 2.14. The molecule has 0 saturated heterocycles. The molecule has 23 heavy (non-hydrogen) atoms. The van der Waals surface area contributed by atoms with Crippen molar-refractivity contribution in [3.8, 4) is 0 Å². The van der Waals surface area contributed by atoms with Crippen molar-refractivity contribution in [3.63, 3.8) is 0 Å². The molecule has 8 heteroatoms. The second-order valence-corrected chi connectivity index (χ2v) is 5.05. The first-order valence-corrected chi connectivity index (χ1v) is 7.13. The van der Waals surface area contributed by atoms with E-state index in [0.717, 1.165) is 12.1 Å². The molecule has 1 aromatic carbocycles. The summed E-state index contributed by atoms with van der Waals surface area (Å²) in [5.74, 6) is -1.72. The Morgan fingerprint density at radius 2 is 1.96 bits per heavy atom. The van der Waals surface area contributed by atoms with Gasteiger partial charge >= 0.3 is 6.09 Å². The summed E-state index contributed by atoms with van der Waals surface area (Å²) in [4.78, 5) is 37.9. The standard InChI is InChI=1S/C15H16ClFN2O4/c1-4-23-15(22)18-8(2)5-14(21)19-13-6-10(9(3)20)11(16)7-12(13)17/h6-7H,4-5H2,1-3H3,(H,19,21). The second kappa shape index (κ2) is 8.38. The number of benzene rings is 1. The van der Waals surface area contributed by atoms with Crippen LogP contribution in [0, 0.1) is 5.82 Å². The number of ether oxygens (including phenoxy) is 1. The minimum absolute atomic E-state index is 0.0342. The number of rotatable bonds is 5. The molecule has 0 fully saturated rings. The number of amides is 2. The van der Waals surface area contributed by atoms with E-state index in [0.29, 0.717) is 0 Å². The molecule has 0 aliphatic heterocycles. The molecule has 0 aromatic heterocycles. The predicted molar refractivity (Wildman–Crippen MR) is 84.8 cm³/mol. The maximum absolute atomic E-state index is 13.8. The van der Waals surface area contributed by atoms with E-state index in [1.807, 2.05) is 0 Å². The molecule has 0 saturated carbocycles. The molecule has 1 N–H and O–H groups in total. The summed E-state index contributed by atoms with van der Waals surface area (Å²) in [7, 11) is 0. The molecular formula is C15H16ClFN2O4. The molecule has 0 heterocycles. The van der Waals surface area contributed by atoms with Gasteiger partial charge in [0, 0.05) is 11.3 Å². The third kappa shape index (κ3) is 5.78. The van der Waals surface area contributed by atoms with Gasteiger partial charge in [-0.05, 0) is 32.9 Å². The minimum Gasteiger partial charge on any atom is -0.448 e. The Labute approximate surface area is 137 Å². The molecule has 1 rings (SSSR count). The summed E-state index contributed by atoms with van der Waals surface area (Å²) in [5, 5.41) is 2.28. The summed E-state index contributed by atoms with van der Waals surface area (Å²) >= 11 is 5.76. The number of halogens is 2. The number of aliphatic imine (C=N–C) groups is 1. The van der Waals surface area contributed by atoms with Crippen molar-refractivity contribution < 1.29 is 23.5 Å². The lowest BCUT2D eigenvalue weighted by molar-refractivity contribution is -0.115. The van der Waals surface area contributed by atoms with Crippen LogP contribution in [0.2, 0.25) is 5.02 Å². The summed E-state index contributed by atoms with van der Waals surface area (Å²) in [6.07, 6.45) is -1.02. The molecule has 0 unspecified atom stereocenters. The zero-order chi connectivity index (χ0) is 17.6. The van der Waals surface area contributed by atoms with E-state index in [-0.39, 0.29) is 40.8 Å². The number of carbonyl (C=O) groups excluding carboxylic acids is 3. The van der Waals surface area contributed by atoms with Crippen LogP contribution in [0.15, 0.2) is 17.1 Å². The first-order valence-electron chi connectivity index (χ1n) is 6.75. The van der Waals surface area contributed by atoms with Crippen LogP contribution in [0.1, 0.15) is 37.6 Å². The Bertz CT molecular complexity index is 674. The fraction of sp³-hybridized carbons (Fsp3) is 0.333. The van der Waals surface area contributed by atoms with Gasteiger partial charge in [0.2, 0.25) is 5.91 Å². The van der Waals surface area contributed by atoms with E-state index in [9.17, 15) is 18.8 Å². The summed E-state index contributed by atoms with van der Waals surface area (Å²) in [6.45, 7) is 4.55. The van der Waals surface area contributed by atoms with E-state index in [2.05, 4.69) is 15.0 Å². The maximum atomic E-state index is 13.8. The summed E-state index contributed by atoms with van der Waals surface area (Å²) < 4.78 is 18.4. The van der Waals surface area contributed by atoms with Gasteiger partial charge in [0.15, 0.2) is 5.78 Å². The Morgan fingerprint density at radius 1 is 1.30 bits per heavy atom. The van der Waals surface area contributed by atoms with E-state index in [4.69, 9.17) is 11.6 Å². The van der Waals surface area contributed by atoms with Gasteiger partial charge in [-0.25, -0.2) is 9.18 Å². The number of hydrogen-bond donors (Lipinski definition) is 1. The zero-order valence-corrected chi connectivity index (χ0v) is 13.7. The van der Waals surface area contributed by atoms with Gasteiger partial charge in [0.05, 0.1) is 23.7 Å². The lowest BCUT2D eigenvalue weighted by atomic mass is 10.1. The number of nitrogens with zero attached hydrogens (tertiary/aromatic N) is 1. The number of nitrogens with one attached hydrogen (secondary N) is 1. The maximum Gasteiger partial charge on any atom is 0.433 e. The van der Waals surface area contributed by atoms with E-state index in [1.165, 1.54) is 13.8 Å². The van der Waals surface area contributed by atoms with Crippen LogP contribution in [0.3, 0.4) is 0 Å². The van der Waals surface area contributed by atoms with E-state index < -0.39 is 17.8 Å². The normalized spacial score (nSPS) is 11.1. The summed E-state index contributed by atoms with van der Waals surface area (Å²) in [6, 6.07) is 2.11. The molecule has 2 amide bonds. The van der Waals surface area contributed by atoms with Gasteiger partial charge in [-0.1, -0.05) is 11.6 Å². The SMILES string of the molecule is CCOC(=O)N=C(C)CC(=O)Nc1cc(C(C)=O)c(Cl)cc1F. The van der Waals surface area contributed by atoms with Gasteiger partial charge in [-0.2, -0.15) is 4.99 Å². The molecule has 0 spiro atoms. The van der Waals surface area contributed by atoms with E-state index in [1.54, 1.807) is 6.92 Å². The Balaban J connectivity index is 2.84. The predicted octanol–water partition coefficient (Wildman–Crippen LogP) is 3.63. The lowest BCUT2D eigenvalue weighted by Crippen LogP contribution is -2.17. The molecular weight excluding hydrogens is 327 g/mol. The van der Waals surface area contributed by atoms with Crippen molar-refractivity contribution in [1.29, 1.82) is 0 Å². The van der Waals surface area contributed by atoms with Crippen LogP contribution in [0.4, 0.5) is 14.9 Å². The van der Waals surface area contributed by atoms with Gasteiger partial charge in [0.25, 0.3) is 0 Å². The molecule has 1 aromatic rings. The summed E-state index contributed by atoms with van der Waals surface area (Å²) in [5.41, 5.74) is 0.135. The smallest absolute Gasteiger partial charge is 0.433 e. The van der Waals surface area contributed by atoms with Crippen molar-refractivity contribution in [3.05, 3.63) is 28.5 Å². The number of anilines is 1. The number of hydrogen-bond acceptors (Lipinski definition) is 4. The lowest BCUT2D eigenvalue weighted by Gasteiger charge is -2.09. The first-order chi connectivity index (χ1) is 10.7. The fourth-order valence-corrected chi connectivity index (χ4v) is 1.98. The molecule has 0 radical (unpaired) electrons. The highest BCUT2D eigenvalue weighted by molar-refractivity contribution is 6.34. The van der Waals surface area contributed by atoms with E-state index >= 15 is 0 Å². The highest BCUT2D eigenvalue weighted by atomic mass is 35.5. The first kappa shape index (κ1) is 18.8. The van der Waals surface area contributed by atoms with Crippen molar-refractivity contribution in [2.24, 2.45) is 4.99 Å². The van der Waals surface area contributed by atoms with Crippen LogP contribution in [-0.2, 0) is 9.53 Å². The van der Waals surface area contributed by atoms with Crippen molar-refractivity contribution >= 4 is 40.8 Å². The van der Waals surface area contributed by atoms with Gasteiger partial charge < -0.3 is 10.1 Å². The van der Waals surface area contributed by atoms with Crippen LogP contribution in [0.25, 0.3) is 0 Å². The van der Waals surface area contributed by atoms with Gasteiger partial charge in [-0.3, -0.25) is 9.59 Å². The molecule has 124 valence electrons. The van der Waals surface area contributed by atoms with Crippen LogP contribution >= 0.6 is 11.6 Å². The zero-order valence-electron chi connectivity index (χ0n) is 12.9. The largest absolute Gasteiger partial charge is 0.448 e. The molecule has 0 aliphatic carbocycles. The average molecular weight is 343 g/mol. The topological polar surface area (TPSA) is 84.8 Å². The quantitative estimate of drug-likeness (QED) is 0.654. The minimum atomic E-state index is -0.797. The fourth-order valence-electron chi connectivity index (χ4n) is 1.69. The Kier molecular flexibility index (Phi) is 6.84. The van der Waals surface area contributed by atoms with Crippen molar-refractivity contribution in [1.82, 2.24) is 0 Å². The highest BCUT2D eigenvalue weighted by Crippen LogP contribution is 2.24. The molecule has 6 nitrogen and oxygen atoms in total. The third-order valence-electron chi connectivity index (χ3n) is 2.68. The van der Waals surface area contributed by atoms with Gasteiger partial charge in [-0.15, -0.1) is 0 Å². The van der Waals surface area contributed by atoms with Crippen LogP contribution in [0.5, 0.6) is 0 Å². The molecule has 0 atom stereocenters. The Morgan fingerprint density at radius 3 is 2.52 bits per heavy atom. The monoisotopic (exact) mass is 342 g/mol. The number of carbonyl (C=O) groups is 3. The molecule has 0 bridgehead atoms. The second-order valence-electron chi connectivity index (χ2n) is 4.64. The number of Topliss-reactive ketones (excluding diaryl/α,β-unsaturated/α-hetero) is 1. The average Bonchev–Trinajstić information content (AvgIpc) is 2.41. The van der Waals surface area contributed by atoms with Crippen molar-refractivity contribution in [2.75, 3.05) is 11.9 Å². The Hall–Kier alpha value is -2.28. The molecule has 0 aliphatic rings. The van der Waals surface area contributed by atoms with Crippen molar-refractivity contribution in [2.45, 2.75) is 27.2 Å². The van der Waals surface area contributed by atoms with Crippen LogP contribution < -0.4 is 5.32 Å². The van der Waals surface area contributed by atoms with Crippen LogP contribution in [-0.4, -0.2) is 30.1 Å². The third-order valence-corrected chi connectivity index (χ3v) is 2.99.